The lowest BCUT2D eigenvalue weighted by molar-refractivity contribution is 0.108. The van der Waals surface area contributed by atoms with Crippen molar-refractivity contribution in [1.29, 1.82) is 0 Å². The Morgan fingerprint density at radius 2 is 1.89 bits per heavy atom. The Morgan fingerprint density at radius 1 is 1.19 bits per heavy atom. The molecule has 27 heavy (non-hydrogen) atoms. The highest BCUT2D eigenvalue weighted by Gasteiger charge is 2.01. The Bertz CT molecular complexity index is 550. The largest absolute Gasteiger partial charge is 0.453 e. The first kappa shape index (κ1) is 25.4. The second-order valence-electron chi connectivity index (χ2n) is 6.26. The van der Waals surface area contributed by atoms with Crippen LogP contribution in [0.4, 0.5) is 10.5 Å². The number of amides is 1. The molecule has 0 bridgehead atoms. The minimum absolute atomic E-state index is 0. The first-order chi connectivity index (χ1) is 12.5. The predicted molar refractivity (Wildman–Crippen MR) is 121 cm³/mol. The summed E-state index contributed by atoms with van der Waals surface area (Å²) in [6.07, 6.45) is 0.456. The van der Waals surface area contributed by atoms with Gasteiger partial charge in [0.1, 0.15) is 0 Å². The van der Waals surface area contributed by atoms with Gasteiger partial charge in [0.05, 0.1) is 13.7 Å². The average molecular weight is 492 g/mol. The minimum Gasteiger partial charge on any atom is -0.453 e. The number of nitrogens with one attached hydrogen (secondary N) is 3. The van der Waals surface area contributed by atoms with E-state index in [4.69, 9.17) is 4.74 Å². The van der Waals surface area contributed by atoms with Gasteiger partial charge in [-0.25, -0.2) is 9.79 Å². The molecule has 0 aliphatic carbocycles. The van der Waals surface area contributed by atoms with Gasteiger partial charge in [-0.3, -0.25) is 5.32 Å². The summed E-state index contributed by atoms with van der Waals surface area (Å²) in [4.78, 5) is 15.7. The average Bonchev–Trinajstić information content (AvgIpc) is 2.63. The summed E-state index contributed by atoms with van der Waals surface area (Å²) >= 11 is 0. The van der Waals surface area contributed by atoms with Gasteiger partial charge in [0.2, 0.25) is 0 Å². The van der Waals surface area contributed by atoms with Gasteiger partial charge in [-0.1, -0.05) is 26.0 Å². The van der Waals surface area contributed by atoms with E-state index in [0.717, 1.165) is 44.2 Å². The number of carbonyl (C=O) groups excluding carboxylic acids is 1. The van der Waals surface area contributed by atoms with Crippen molar-refractivity contribution in [2.45, 2.75) is 33.7 Å². The van der Waals surface area contributed by atoms with Crippen LogP contribution in [0.15, 0.2) is 29.3 Å². The highest BCUT2D eigenvalue weighted by Crippen LogP contribution is 2.10. The summed E-state index contributed by atoms with van der Waals surface area (Å²) in [6.45, 7) is 10.0. The molecule has 3 N–H and O–H groups in total. The number of carbonyl (C=O) groups is 1. The van der Waals surface area contributed by atoms with Gasteiger partial charge >= 0.3 is 6.09 Å². The van der Waals surface area contributed by atoms with Crippen molar-refractivity contribution >= 4 is 41.7 Å². The minimum atomic E-state index is -0.480. The van der Waals surface area contributed by atoms with Crippen LogP contribution in [0.3, 0.4) is 0 Å². The van der Waals surface area contributed by atoms with E-state index in [1.54, 1.807) is 0 Å². The summed E-state index contributed by atoms with van der Waals surface area (Å²) in [5.41, 5.74) is 1.74. The van der Waals surface area contributed by atoms with E-state index in [1.165, 1.54) is 7.11 Å². The maximum atomic E-state index is 11.2. The van der Waals surface area contributed by atoms with E-state index in [1.807, 2.05) is 31.2 Å². The standard InChI is InChI=1S/C19H32N4O3.HI/c1-5-20-18(21-11-6-12-26-14-15(2)3)22-13-16-7-9-17(10-8-16)23-19(24)25-4;/h7-10,15H,5-6,11-14H2,1-4H3,(H,23,24)(H2,20,21,22);1H. The van der Waals surface area contributed by atoms with Crippen molar-refractivity contribution in [3.63, 3.8) is 0 Å². The molecule has 0 unspecified atom stereocenters. The van der Waals surface area contributed by atoms with Gasteiger partial charge in [-0.15, -0.1) is 24.0 Å². The fourth-order valence-corrected chi connectivity index (χ4v) is 2.07. The molecule has 0 atom stereocenters. The maximum absolute atomic E-state index is 11.2. The zero-order chi connectivity index (χ0) is 19.2. The quantitative estimate of drug-likeness (QED) is 0.201. The topological polar surface area (TPSA) is 84.0 Å². The molecule has 154 valence electrons. The molecule has 0 radical (unpaired) electrons. The lowest BCUT2D eigenvalue weighted by Gasteiger charge is -2.12. The number of hydrogen-bond acceptors (Lipinski definition) is 4. The highest BCUT2D eigenvalue weighted by atomic mass is 127. The molecule has 0 aliphatic rings. The first-order valence-electron chi connectivity index (χ1n) is 9.09. The van der Waals surface area contributed by atoms with Gasteiger partial charge in [0, 0.05) is 32.0 Å². The Labute approximate surface area is 179 Å². The molecule has 0 fully saturated rings. The fourth-order valence-electron chi connectivity index (χ4n) is 2.07. The Morgan fingerprint density at radius 3 is 2.48 bits per heavy atom. The van der Waals surface area contributed by atoms with Crippen molar-refractivity contribution in [1.82, 2.24) is 10.6 Å². The van der Waals surface area contributed by atoms with Gasteiger partial charge in [0.25, 0.3) is 0 Å². The number of anilines is 1. The van der Waals surface area contributed by atoms with Crippen molar-refractivity contribution < 1.29 is 14.3 Å². The number of rotatable bonds is 10. The van der Waals surface area contributed by atoms with Crippen LogP contribution in [0.25, 0.3) is 0 Å². The van der Waals surface area contributed by atoms with Crippen LogP contribution in [0.5, 0.6) is 0 Å². The third kappa shape index (κ3) is 12.5. The van der Waals surface area contributed by atoms with Crippen molar-refractivity contribution in [2.24, 2.45) is 10.9 Å². The van der Waals surface area contributed by atoms with Crippen LogP contribution in [0.1, 0.15) is 32.8 Å². The van der Waals surface area contributed by atoms with Crippen LogP contribution in [0, 0.1) is 5.92 Å². The van der Waals surface area contributed by atoms with Crippen LogP contribution in [-0.2, 0) is 16.0 Å². The Balaban J connectivity index is 0.00000676. The van der Waals surface area contributed by atoms with E-state index in [9.17, 15) is 4.79 Å². The number of hydrogen-bond donors (Lipinski definition) is 3. The maximum Gasteiger partial charge on any atom is 0.411 e. The number of benzene rings is 1. The van der Waals surface area contributed by atoms with Crippen LogP contribution >= 0.6 is 24.0 Å². The SMILES string of the molecule is CCNC(=NCc1ccc(NC(=O)OC)cc1)NCCCOCC(C)C.I. The van der Waals surface area contributed by atoms with Crippen LogP contribution in [-0.4, -0.2) is 45.5 Å². The molecule has 1 aromatic carbocycles. The number of methoxy groups -OCH3 is 1. The molecule has 0 spiro atoms. The molecule has 0 saturated carbocycles. The van der Waals surface area contributed by atoms with Gasteiger partial charge in [-0.05, 0) is 37.0 Å². The molecule has 0 saturated heterocycles. The summed E-state index contributed by atoms with van der Waals surface area (Å²) in [5.74, 6) is 1.35. The van der Waals surface area contributed by atoms with Gasteiger partial charge in [-0.2, -0.15) is 0 Å². The predicted octanol–water partition coefficient (Wildman–Crippen LogP) is 3.60. The van der Waals surface area contributed by atoms with E-state index in [2.05, 4.69) is 39.5 Å². The molecular formula is C19H33IN4O3. The lowest BCUT2D eigenvalue weighted by atomic mass is 10.2. The number of halogens is 1. The fraction of sp³-hybridized carbons (Fsp3) is 0.579. The Hall–Kier alpha value is -1.55. The summed E-state index contributed by atoms with van der Waals surface area (Å²) in [5, 5.41) is 9.16. The second kappa shape index (κ2) is 15.5. The third-order valence-corrected chi connectivity index (χ3v) is 3.36. The molecular weight excluding hydrogens is 459 g/mol. The first-order valence-corrected chi connectivity index (χ1v) is 9.09. The molecule has 0 heterocycles. The third-order valence-electron chi connectivity index (χ3n) is 3.36. The van der Waals surface area contributed by atoms with E-state index < -0.39 is 6.09 Å². The van der Waals surface area contributed by atoms with Crippen molar-refractivity contribution in [3.8, 4) is 0 Å². The van der Waals surface area contributed by atoms with E-state index >= 15 is 0 Å². The molecule has 7 nitrogen and oxygen atoms in total. The zero-order valence-electron chi connectivity index (χ0n) is 16.7. The number of aliphatic imine (C=N–C) groups is 1. The normalized spacial score (nSPS) is 10.9. The zero-order valence-corrected chi connectivity index (χ0v) is 19.0. The lowest BCUT2D eigenvalue weighted by Crippen LogP contribution is -2.38. The highest BCUT2D eigenvalue weighted by molar-refractivity contribution is 14.0. The number of nitrogens with zero attached hydrogens (tertiary/aromatic N) is 1. The van der Waals surface area contributed by atoms with Crippen LogP contribution < -0.4 is 16.0 Å². The Kier molecular flexibility index (Phi) is 14.6. The van der Waals surface area contributed by atoms with Crippen molar-refractivity contribution in [3.05, 3.63) is 29.8 Å². The molecule has 0 aromatic heterocycles. The van der Waals surface area contributed by atoms with E-state index in [0.29, 0.717) is 18.2 Å². The summed E-state index contributed by atoms with van der Waals surface area (Å²) < 4.78 is 10.1. The van der Waals surface area contributed by atoms with Gasteiger partial charge < -0.3 is 20.1 Å². The number of ether oxygens (including phenoxy) is 2. The summed E-state index contributed by atoms with van der Waals surface area (Å²) in [7, 11) is 1.34. The second-order valence-corrected chi connectivity index (χ2v) is 6.26. The van der Waals surface area contributed by atoms with Crippen LogP contribution in [0.2, 0.25) is 0 Å². The van der Waals surface area contributed by atoms with Crippen molar-refractivity contribution in [2.75, 3.05) is 38.7 Å². The molecule has 8 heteroatoms. The van der Waals surface area contributed by atoms with Gasteiger partial charge in [0.15, 0.2) is 5.96 Å². The van der Waals surface area contributed by atoms with E-state index in [-0.39, 0.29) is 24.0 Å². The number of guanidine groups is 1. The smallest absolute Gasteiger partial charge is 0.411 e. The molecule has 1 aromatic rings. The summed E-state index contributed by atoms with van der Waals surface area (Å²) in [6, 6.07) is 7.51. The molecule has 0 aliphatic heterocycles. The molecule has 1 rings (SSSR count). The monoisotopic (exact) mass is 492 g/mol. The molecule has 1 amide bonds.